The first-order valence-corrected chi connectivity index (χ1v) is 21.5. The molecule has 3 N–H and O–H groups in total. The molecular formula is C43H66F4N4O10. The molecule has 6 aliphatic rings. The number of alkyl halides is 4. The Bertz CT molecular complexity index is 1710. The van der Waals surface area contributed by atoms with Crippen LogP contribution in [0.4, 0.5) is 27.2 Å². The Balaban J connectivity index is 0.000000231. The minimum atomic E-state index is -2.78. The van der Waals surface area contributed by atoms with Gasteiger partial charge in [-0.05, 0) is 102 Å². The third kappa shape index (κ3) is 10.7. The number of alkyl carbamates (subject to hydrolysis) is 2. The molecule has 8 atom stereocenters. The number of halogens is 4. The minimum Gasteiger partial charge on any atom is -0.480 e. The summed E-state index contributed by atoms with van der Waals surface area (Å²) in [6.45, 7) is 18.9. The number of likely N-dealkylation sites (tertiary alicyclic amines) is 2. The van der Waals surface area contributed by atoms with Crippen LogP contribution in [-0.4, -0.2) is 118 Å². The number of amides is 4. The zero-order valence-corrected chi connectivity index (χ0v) is 37.4. The number of carboxylic acids is 1. The summed E-state index contributed by atoms with van der Waals surface area (Å²) in [6, 6.07) is -3.81. The molecule has 6 rings (SSSR count). The number of rotatable bonds is 8. The molecule has 14 nitrogen and oxygen atoms in total. The third-order valence-electron chi connectivity index (χ3n) is 14.0. The Kier molecular flexibility index (Phi) is 13.2. The molecule has 0 radical (unpaired) electrons. The lowest BCUT2D eigenvalue weighted by Gasteiger charge is -2.37. The maximum Gasteiger partial charge on any atom is 0.408 e. The Morgan fingerprint density at radius 2 is 0.951 bits per heavy atom. The highest BCUT2D eigenvalue weighted by Crippen LogP contribution is 2.66. The van der Waals surface area contributed by atoms with E-state index in [0.717, 1.165) is 0 Å². The van der Waals surface area contributed by atoms with E-state index in [-0.39, 0.29) is 85.9 Å². The van der Waals surface area contributed by atoms with Gasteiger partial charge in [-0.1, -0.05) is 27.7 Å². The Morgan fingerprint density at radius 1 is 0.623 bits per heavy atom. The van der Waals surface area contributed by atoms with Crippen molar-refractivity contribution in [2.45, 2.75) is 168 Å². The lowest BCUT2D eigenvalue weighted by atomic mass is 9.81. The standard InChI is InChI=1S/C22H34F2N2O5.C21H32F2N2O5/c1-20(2,3)31-19(29)25-15(12-7-9-22(23,24)10-8-12)17(27)26-11-13-14(21(13,4)5)16(26)18(28)30-6;1-19(2,3)30-18(29)24-14(11-6-8-21(22,23)9-7-11)16(26)25-10-12-13(20(12,4)5)15(25)17(27)28/h12-16H,7-11H2,1-6H3,(H,25,29);11-15H,6-10H2,1-5H3,(H,24,29)(H,27,28)/t13-,14-,15-,16-;12-,13-,14-,15-/m00/s1. The number of methoxy groups -OCH3 is 1. The van der Waals surface area contributed by atoms with E-state index >= 15 is 0 Å². The number of hydrogen-bond donors (Lipinski definition) is 3. The molecule has 2 aliphatic heterocycles. The molecule has 2 heterocycles. The Labute approximate surface area is 355 Å². The van der Waals surface area contributed by atoms with E-state index < -0.39 is 95.0 Å². The Hall–Kier alpha value is -3.86. The quantitative estimate of drug-likeness (QED) is 0.136. The maximum atomic E-state index is 13.7. The molecule has 346 valence electrons. The van der Waals surface area contributed by atoms with Gasteiger partial charge in [0, 0.05) is 50.6 Å². The van der Waals surface area contributed by atoms with Crippen molar-refractivity contribution in [1.82, 2.24) is 20.4 Å². The first-order chi connectivity index (χ1) is 27.8. The number of ether oxygens (including phenoxy) is 3. The van der Waals surface area contributed by atoms with Crippen LogP contribution in [-0.2, 0) is 33.4 Å². The largest absolute Gasteiger partial charge is 0.480 e. The summed E-state index contributed by atoms with van der Waals surface area (Å²) in [5, 5.41) is 14.9. The zero-order valence-electron chi connectivity index (χ0n) is 37.4. The molecule has 0 spiro atoms. The number of esters is 1. The second kappa shape index (κ2) is 16.7. The molecular weight excluding hydrogens is 808 g/mol. The summed E-state index contributed by atoms with van der Waals surface area (Å²) < 4.78 is 70.3. The van der Waals surface area contributed by atoms with Gasteiger partial charge in [0.15, 0.2) is 0 Å². The summed E-state index contributed by atoms with van der Waals surface area (Å²) in [5.41, 5.74) is -1.79. The topological polar surface area (TPSA) is 181 Å². The van der Waals surface area contributed by atoms with Gasteiger partial charge in [-0.3, -0.25) is 9.59 Å². The molecule has 0 aromatic rings. The predicted octanol–water partition coefficient (Wildman–Crippen LogP) is 6.63. The van der Waals surface area contributed by atoms with Crippen molar-refractivity contribution < 1.29 is 65.6 Å². The molecule has 61 heavy (non-hydrogen) atoms. The number of aliphatic carboxylic acids is 1. The fourth-order valence-electron chi connectivity index (χ4n) is 10.5. The van der Waals surface area contributed by atoms with E-state index in [4.69, 9.17) is 14.2 Å². The van der Waals surface area contributed by atoms with Crippen LogP contribution in [0.15, 0.2) is 0 Å². The molecule has 0 aromatic carbocycles. The van der Waals surface area contributed by atoms with Crippen molar-refractivity contribution in [3.8, 4) is 0 Å². The average Bonchev–Trinajstić information content (AvgIpc) is 3.59. The van der Waals surface area contributed by atoms with Crippen molar-refractivity contribution in [2.75, 3.05) is 20.2 Å². The third-order valence-corrected chi connectivity index (χ3v) is 14.0. The van der Waals surface area contributed by atoms with Crippen molar-refractivity contribution >= 4 is 35.9 Å². The van der Waals surface area contributed by atoms with Gasteiger partial charge in [0.05, 0.1) is 7.11 Å². The number of nitrogens with one attached hydrogen (secondary N) is 2. The number of hydrogen-bond acceptors (Lipinski definition) is 9. The summed E-state index contributed by atoms with van der Waals surface area (Å²) in [7, 11) is 1.29. The van der Waals surface area contributed by atoms with Crippen LogP contribution in [0.25, 0.3) is 0 Å². The second-order valence-electron chi connectivity index (χ2n) is 21.3. The fraction of sp³-hybridized carbons (Fsp3) is 0.860. The van der Waals surface area contributed by atoms with E-state index in [0.29, 0.717) is 13.1 Å². The van der Waals surface area contributed by atoms with Crippen molar-refractivity contribution in [1.29, 1.82) is 0 Å². The van der Waals surface area contributed by atoms with Gasteiger partial charge < -0.3 is 39.8 Å². The van der Waals surface area contributed by atoms with Gasteiger partial charge >= 0.3 is 24.1 Å². The van der Waals surface area contributed by atoms with Gasteiger partial charge in [0.25, 0.3) is 0 Å². The molecule has 0 aromatic heterocycles. The number of fused-ring (bicyclic) bond motifs is 2. The van der Waals surface area contributed by atoms with E-state index in [1.54, 1.807) is 41.5 Å². The number of piperidine rings is 2. The summed E-state index contributed by atoms with van der Waals surface area (Å²) >= 11 is 0. The molecule has 4 aliphatic carbocycles. The van der Waals surface area contributed by atoms with Crippen molar-refractivity contribution in [2.24, 2.45) is 46.3 Å². The number of nitrogens with zero attached hydrogens (tertiary/aromatic N) is 2. The Morgan fingerprint density at radius 3 is 1.26 bits per heavy atom. The van der Waals surface area contributed by atoms with Gasteiger partial charge in [0.1, 0.15) is 35.4 Å². The lowest BCUT2D eigenvalue weighted by Crippen LogP contribution is -2.57. The fourth-order valence-corrected chi connectivity index (χ4v) is 10.5. The van der Waals surface area contributed by atoms with Gasteiger partial charge in [-0.2, -0.15) is 0 Å². The van der Waals surface area contributed by atoms with Crippen LogP contribution in [0.5, 0.6) is 0 Å². The van der Waals surface area contributed by atoms with Crippen molar-refractivity contribution in [3.63, 3.8) is 0 Å². The van der Waals surface area contributed by atoms with Crippen LogP contribution in [0.1, 0.15) is 121 Å². The number of carbonyl (C=O) groups excluding carboxylic acids is 5. The molecule has 0 bridgehead atoms. The number of carboxylic acid groups (broad SMARTS) is 1. The lowest BCUT2D eigenvalue weighted by molar-refractivity contribution is -0.154. The highest BCUT2D eigenvalue weighted by molar-refractivity contribution is 5.92. The van der Waals surface area contributed by atoms with Gasteiger partial charge in [-0.25, -0.2) is 36.7 Å². The predicted molar refractivity (Wildman–Crippen MR) is 212 cm³/mol. The first kappa shape index (κ1) is 48.2. The van der Waals surface area contributed by atoms with Crippen LogP contribution in [0.2, 0.25) is 0 Å². The highest BCUT2D eigenvalue weighted by Gasteiger charge is 2.71. The molecule has 4 amide bonds. The zero-order chi connectivity index (χ0) is 46.0. The average molecular weight is 875 g/mol. The SMILES string of the molecule is CC(C)(C)OC(=O)N[C@H](C(=O)N1C[C@H]2[C@@H]([C@H]1C(=O)O)C2(C)C)C1CCC(F)(F)CC1.COC(=O)[C@@H]1[C@@H]2[C@H](CN1C(=O)[C@@H](NC(=O)OC(C)(C)C)C1CCC(F)(F)CC1)C2(C)C. The van der Waals surface area contributed by atoms with Crippen LogP contribution in [0, 0.1) is 46.3 Å². The summed E-state index contributed by atoms with van der Waals surface area (Å²) in [6.07, 6.45) is -2.63. The van der Waals surface area contributed by atoms with Crippen LogP contribution in [0.3, 0.4) is 0 Å². The van der Waals surface area contributed by atoms with Gasteiger partial charge in [-0.15, -0.1) is 0 Å². The van der Waals surface area contributed by atoms with Crippen LogP contribution < -0.4 is 10.6 Å². The monoisotopic (exact) mass is 874 g/mol. The van der Waals surface area contributed by atoms with E-state index in [1.807, 2.05) is 13.8 Å². The molecule has 0 unspecified atom stereocenters. The maximum absolute atomic E-state index is 13.7. The van der Waals surface area contributed by atoms with Crippen molar-refractivity contribution in [3.05, 3.63) is 0 Å². The molecule has 4 saturated carbocycles. The smallest absolute Gasteiger partial charge is 0.408 e. The minimum absolute atomic E-state index is 0.0123. The summed E-state index contributed by atoms with van der Waals surface area (Å²) in [4.78, 5) is 79.1. The van der Waals surface area contributed by atoms with E-state index in [1.165, 1.54) is 16.9 Å². The van der Waals surface area contributed by atoms with E-state index in [9.17, 15) is 51.4 Å². The normalized spacial score (nSPS) is 30.5. The summed E-state index contributed by atoms with van der Waals surface area (Å²) in [5.74, 6) is -8.91. The highest BCUT2D eigenvalue weighted by atomic mass is 19.3. The second-order valence-corrected chi connectivity index (χ2v) is 21.3. The van der Waals surface area contributed by atoms with Gasteiger partial charge in [0.2, 0.25) is 23.7 Å². The van der Waals surface area contributed by atoms with Crippen LogP contribution >= 0.6 is 0 Å². The molecule has 6 fully saturated rings. The first-order valence-electron chi connectivity index (χ1n) is 21.5. The molecule has 18 heteroatoms. The number of carbonyl (C=O) groups is 6. The van der Waals surface area contributed by atoms with E-state index in [2.05, 4.69) is 24.5 Å². The molecule has 2 saturated heterocycles.